The average Bonchev–Trinajstić information content (AvgIpc) is 2.88. The SMILES string of the molecule is CCOC(=O)c1ccc(N2CCC(N(Cc3ccccc3)C(=O)c3ccccc3)CC2)cc1. The molecule has 170 valence electrons. The van der Waals surface area contributed by atoms with Gasteiger partial charge in [0, 0.05) is 36.9 Å². The first-order valence-electron chi connectivity index (χ1n) is 11.6. The van der Waals surface area contributed by atoms with Crippen LogP contribution < -0.4 is 4.90 Å². The molecule has 1 amide bonds. The van der Waals surface area contributed by atoms with E-state index >= 15 is 0 Å². The number of hydrogen-bond donors (Lipinski definition) is 0. The maximum Gasteiger partial charge on any atom is 0.338 e. The first-order chi connectivity index (χ1) is 16.2. The number of rotatable bonds is 7. The van der Waals surface area contributed by atoms with Crippen molar-refractivity contribution in [3.8, 4) is 0 Å². The molecule has 0 saturated carbocycles. The Balaban J connectivity index is 1.45. The van der Waals surface area contributed by atoms with E-state index in [1.54, 1.807) is 6.92 Å². The zero-order valence-electron chi connectivity index (χ0n) is 19.0. The Morgan fingerprint density at radius 2 is 1.45 bits per heavy atom. The number of amides is 1. The van der Waals surface area contributed by atoms with Crippen LogP contribution in [0.15, 0.2) is 84.9 Å². The molecule has 4 rings (SSSR count). The van der Waals surface area contributed by atoms with E-state index in [1.165, 1.54) is 0 Å². The molecule has 5 heteroatoms. The van der Waals surface area contributed by atoms with Gasteiger partial charge >= 0.3 is 5.97 Å². The van der Waals surface area contributed by atoms with Gasteiger partial charge in [-0.25, -0.2) is 4.79 Å². The lowest BCUT2D eigenvalue weighted by Gasteiger charge is -2.39. The van der Waals surface area contributed by atoms with Crippen LogP contribution in [0.25, 0.3) is 0 Å². The van der Waals surface area contributed by atoms with Crippen molar-refractivity contribution in [3.63, 3.8) is 0 Å². The molecule has 1 fully saturated rings. The highest BCUT2D eigenvalue weighted by molar-refractivity contribution is 5.94. The second kappa shape index (κ2) is 10.8. The minimum absolute atomic E-state index is 0.0803. The number of carbonyl (C=O) groups excluding carboxylic acids is 2. The van der Waals surface area contributed by atoms with Crippen LogP contribution in [0.1, 0.15) is 46.0 Å². The number of hydrogen-bond acceptors (Lipinski definition) is 4. The molecule has 0 aliphatic carbocycles. The number of piperidine rings is 1. The highest BCUT2D eigenvalue weighted by atomic mass is 16.5. The van der Waals surface area contributed by atoms with Crippen molar-refractivity contribution in [3.05, 3.63) is 102 Å². The minimum Gasteiger partial charge on any atom is -0.462 e. The lowest BCUT2D eigenvalue weighted by Crippen LogP contribution is -2.47. The second-order valence-corrected chi connectivity index (χ2v) is 8.27. The van der Waals surface area contributed by atoms with Gasteiger partial charge in [0.25, 0.3) is 5.91 Å². The average molecular weight is 443 g/mol. The largest absolute Gasteiger partial charge is 0.462 e. The lowest BCUT2D eigenvalue weighted by atomic mass is 10.00. The molecular weight excluding hydrogens is 412 g/mol. The van der Waals surface area contributed by atoms with E-state index in [2.05, 4.69) is 17.0 Å². The molecule has 1 aliphatic rings. The molecule has 3 aromatic rings. The van der Waals surface area contributed by atoms with E-state index in [0.717, 1.165) is 42.7 Å². The predicted octanol–water partition coefficient (Wildman–Crippen LogP) is 5.17. The highest BCUT2D eigenvalue weighted by Crippen LogP contribution is 2.25. The van der Waals surface area contributed by atoms with Crippen molar-refractivity contribution in [1.82, 2.24) is 4.90 Å². The smallest absolute Gasteiger partial charge is 0.338 e. The number of anilines is 1. The number of ether oxygens (including phenoxy) is 1. The molecule has 0 radical (unpaired) electrons. The van der Waals surface area contributed by atoms with Gasteiger partial charge in [-0.05, 0) is 61.7 Å². The molecule has 33 heavy (non-hydrogen) atoms. The van der Waals surface area contributed by atoms with Crippen LogP contribution in [0.2, 0.25) is 0 Å². The van der Waals surface area contributed by atoms with Crippen molar-refractivity contribution in [1.29, 1.82) is 0 Å². The van der Waals surface area contributed by atoms with E-state index in [4.69, 9.17) is 4.74 Å². The van der Waals surface area contributed by atoms with Crippen LogP contribution >= 0.6 is 0 Å². The summed E-state index contributed by atoms with van der Waals surface area (Å²) in [6.45, 7) is 4.50. The van der Waals surface area contributed by atoms with E-state index in [1.807, 2.05) is 77.7 Å². The molecule has 0 atom stereocenters. The first kappa shape index (κ1) is 22.6. The van der Waals surface area contributed by atoms with Gasteiger partial charge in [0.05, 0.1) is 12.2 Å². The van der Waals surface area contributed by atoms with Crippen molar-refractivity contribution < 1.29 is 14.3 Å². The van der Waals surface area contributed by atoms with Crippen LogP contribution in [0.5, 0.6) is 0 Å². The monoisotopic (exact) mass is 442 g/mol. The van der Waals surface area contributed by atoms with Crippen LogP contribution in [0.3, 0.4) is 0 Å². The Bertz CT molecular complexity index is 1040. The van der Waals surface area contributed by atoms with Crippen LogP contribution in [-0.2, 0) is 11.3 Å². The Labute approximate surface area is 195 Å². The second-order valence-electron chi connectivity index (χ2n) is 8.27. The van der Waals surface area contributed by atoms with Gasteiger partial charge in [0.15, 0.2) is 0 Å². The van der Waals surface area contributed by atoms with E-state index in [-0.39, 0.29) is 17.9 Å². The van der Waals surface area contributed by atoms with Gasteiger partial charge in [-0.3, -0.25) is 4.79 Å². The van der Waals surface area contributed by atoms with E-state index in [9.17, 15) is 9.59 Å². The summed E-state index contributed by atoms with van der Waals surface area (Å²) in [5.41, 5.74) is 3.52. The number of esters is 1. The summed E-state index contributed by atoms with van der Waals surface area (Å²) in [6.07, 6.45) is 1.79. The number of nitrogens with zero attached hydrogens (tertiary/aromatic N) is 2. The topological polar surface area (TPSA) is 49.9 Å². The lowest BCUT2D eigenvalue weighted by molar-refractivity contribution is 0.0526. The molecule has 0 bridgehead atoms. The molecule has 0 spiro atoms. The van der Waals surface area contributed by atoms with Gasteiger partial charge < -0.3 is 14.5 Å². The summed E-state index contributed by atoms with van der Waals surface area (Å²) >= 11 is 0. The van der Waals surface area contributed by atoms with Crippen LogP contribution in [0, 0.1) is 0 Å². The Kier molecular flexibility index (Phi) is 7.40. The molecule has 1 heterocycles. The van der Waals surface area contributed by atoms with Crippen molar-refractivity contribution in [2.45, 2.75) is 32.4 Å². The van der Waals surface area contributed by atoms with Gasteiger partial charge in [-0.15, -0.1) is 0 Å². The number of benzene rings is 3. The third-order valence-electron chi connectivity index (χ3n) is 6.13. The fourth-order valence-corrected chi connectivity index (χ4v) is 4.35. The Hall–Kier alpha value is -3.60. The molecule has 0 unspecified atom stereocenters. The van der Waals surface area contributed by atoms with Gasteiger partial charge in [-0.1, -0.05) is 48.5 Å². The Morgan fingerprint density at radius 3 is 2.06 bits per heavy atom. The van der Waals surface area contributed by atoms with Gasteiger partial charge in [0.2, 0.25) is 0 Å². The third kappa shape index (κ3) is 5.61. The summed E-state index contributed by atoms with van der Waals surface area (Å²) in [6, 6.07) is 27.5. The zero-order chi connectivity index (χ0) is 23.0. The van der Waals surface area contributed by atoms with Gasteiger partial charge in [-0.2, -0.15) is 0 Å². The quantitative estimate of drug-likeness (QED) is 0.474. The fourth-order valence-electron chi connectivity index (χ4n) is 4.35. The summed E-state index contributed by atoms with van der Waals surface area (Å²) in [4.78, 5) is 29.7. The summed E-state index contributed by atoms with van der Waals surface area (Å²) < 4.78 is 5.07. The summed E-state index contributed by atoms with van der Waals surface area (Å²) in [7, 11) is 0. The standard InChI is InChI=1S/C28H30N2O3/c1-2-33-28(32)24-13-15-25(16-14-24)29-19-17-26(18-20-29)30(21-22-9-5-3-6-10-22)27(31)23-11-7-4-8-12-23/h3-16,26H,2,17-21H2,1H3. The van der Waals surface area contributed by atoms with Crippen molar-refractivity contribution >= 4 is 17.6 Å². The number of carbonyl (C=O) groups is 2. The summed E-state index contributed by atoms with van der Waals surface area (Å²) in [5, 5.41) is 0. The normalized spacial score (nSPS) is 14.0. The van der Waals surface area contributed by atoms with Crippen molar-refractivity contribution in [2.24, 2.45) is 0 Å². The fraction of sp³-hybridized carbons (Fsp3) is 0.286. The molecule has 1 aliphatic heterocycles. The van der Waals surface area contributed by atoms with Gasteiger partial charge in [0.1, 0.15) is 0 Å². The molecule has 3 aromatic carbocycles. The first-order valence-corrected chi connectivity index (χ1v) is 11.6. The Morgan fingerprint density at radius 1 is 0.848 bits per heavy atom. The van der Waals surface area contributed by atoms with E-state index < -0.39 is 0 Å². The predicted molar refractivity (Wildman–Crippen MR) is 130 cm³/mol. The molecule has 5 nitrogen and oxygen atoms in total. The minimum atomic E-state index is -0.293. The summed E-state index contributed by atoms with van der Waals surface area (Å²) in [5.74, 6) is -0.213. The zero-order valence-corrected chi connectivity index (χ0v) is 19.0. The molecule has 1 saturated heterocycles. The van der Waals surface area contributed by atoms with E-state index in [0.29, 0.717) is 18.7 Å². The van der Waals surface area contributed by atoms with Crippen LogP contribution in [0.4, 0.5) is 5.69 Å². The maximum atomic E-state index is 13.4. The highest BCUT2D eigenvalue weighted by Gasteiger charge is 2.29. The third-order valence-corrected chi connectivity index (χ3v) is 6.13. The van der Waals surface area contributed by atoms with Crippen molar-refractivity contribution in [2.75, 3.05) is 24.6 Å². The maximum absolute atomic E-state index is 13.4. The molecular formula is C28H30N2O3. The molecule has 0 aromatic heterocycles. The van der Waals surface area contributed by atoms with Crippen LogP contribution in [-0.4, -0.2) is 42.5 Å². The molecule has 0 N–H and O–H groups in total.